The highest BCUT2D eigenvalue weighted by Gasteiger charge is 2.24. The predicted octanol–water partition coefficient (Wildman–Crippen LogP) is 2.43. The maximum atomic E-state index is 14.0. The number of carbonyl (C=O) groups excluding carboxylic acids is 1. The molecule has 0 aliphatic heterocycles. The van der Waals surface area contributed by atoms with Crippen LogP contribution in [-0.2, 0) is 13.2 Å². The number of rotatable bonds is 9. The van der Waals surface area contributed by atoms with Crippen LogP contribution in [-0.4, -0.2) is 56.4 Å². The lowest BCUT2D eigenvalue weighted by Crippen LogP contribution is -2.23. The molecule has 4 rings (SSSR count). The van der Waals surface area contributed by atoms with Crippen molar-refractivity contribution in [1.82, 2.24) is 35.6 Å². The third kappa shape index (κ3) is 5.64. The van der Waals surface area contributed by atoms with Crippen molar-refractivity contribution < 1.29 is 18.6 Å². The second kappa shape index (κ2) is 10.9. The molecule has 0 radical (unpaired) electrons. The van der Waals surface area contributed by atoms with Crippen LogP contribution in [0, 0.1) is 5.82 Å². The van der Waals surface area contributed by atoms with Gasteiger partial charge >= 0.3 is 0 Å². The van der Waals surface area contributed by atoms with Crippen molar-refractivity contribution in [2.24, 2.45) is 5.10 Å². The van der Waals surface area contributed by atoms with E-state index in [4.69, 9.17) is 22.1 Å². The van der Waals surface area contributed by atoms with Gasteiger partial charge in [0.2, 0.25) is 11.6 Å². The average molecular weight is 514 g/mol. The maximum absolute atomic E-state index is 14.0. The molecule has 0 atom stereocenters. The van der Waals surface area contributed by atoms with Gasteiger partial charge in [-0.2, -0.15) is 9.78 Å². The molecule has 0 aliphatic carbocycles. The lowest BCUT2D eigenvalue weighted by atomic mass is 10.2. The van der Waals surface area contributed by atoms with Crippen molar-refractivity contribution in [2.45, 2.75) is 13.2 Å². The number of nitrogen functional groups attached to an aromatic ring is 1. The predicted molar refractivity (Wildman–Crippen MR) is 128 cm³/mol. The number of carbonyl (C=O) groups is 1. The first-order valence-corrected chi connectivity index (χ1v) is 10.9. The summed E-state index contributed by atoms with van der Waals surface area (Å²) in [6.45, 7) is 0.260. The van der Waals surface area contributed by atoms with Crippen LogP contribution in [0.1, 0.15) is 27.3 Å². The Bertz CT molecular complexity index is 1380. The van der Waals surface area contributed by atoms with Crippen molar-refractivity contribution in [1.29, 1.82) is 0 Å². The van der Waals surface area contributed by atoms with E-state index in [1.165, 1.54) is 23.0 Å². The SMILES string of the molecule is CN(C)Cc1c(C(=O)N/N=C/c2cccc(OCc3c(F)cccc3Cl)c2)nnn1-c1nonc1N. The number of amides is 1. The second-order valence-electron chi connectivity index (χ2n) is 7.77. The van der Waals surface area contributed by atoms with Crippen LogP contribution in [0.15, 0.2) is 52.2 Å². The zero-order chi connectivity index (χ0) is 25.7. The fourth-order valence-electron chi connectivity index (χ4n) is 3.16. The number of benzene rings is 2. The van der Waals surface area contributed by atoms with Gasteiger partial charge in [0.05, 0.1) is 16.9 Å². The maximum Gasteiger partial charge on any atom is 0.293 e. The first-order valence-electron chi connectivity index (χ1n) is 10.5. The molecule has 0 fully saturated rings. The molecular weight excluding hydrogens is 493 g/mol. The van der Waals surface area contributed by atoms with Crippen molar-refractivity contribution in [3.8, 4) is 11.6 Å². The number of hydrogen-bond acceptors (Lipinski definition) is 10. The molecule has 36 heavy (non-hydrogen) atoms. The van der Waals surface area contributed by atoms with Gasteiger partial charge in [-0.15, -0.1) is 5.10 Å². The number of halogens is 2. The van der Waals surface area contributed by atoms with Crippen molar-refractivity contribution >= 4 is 29.5 Å². The van der Waals surface area contributed by atoms with Crippen molar-refractivity contribution in [3.63, 3.8) is 0 Å². The summed E-state index contributed by atoms with van der Waals surface area (Å²) in [7, 11) is 3.63. The largest absolute Gasteiger partial charge is 0.489 e. The smallest absolute Gasteiger partial charge is 0.293 e. The number of nitrogens with two attached hydrogens (primary N) is 1. The minimum Gasteiger partial charge on any atom is -0.489 e. The summed E-state index contributed by atoms with van der Waals surface area (Å²) in [6, 6.07) is 11.3. The van der Waals surface area contributed by atoms with Gasteiger partial charge in [-0.25, -0.2) is 14.4 Å². The van der Waals surface area contributed by atoms with Gasteiger partial charge in [-0.05, 0) is 54.2 Å². The first-order chi connectivity index (χ1) is 17.3. The van der Waals surface area contributed by atoms with Crippen LogP contribution in [0.25, 0.3) is 5.82 Å². The zero-order valence-electron chi connectivity index (χ0n) is 19.2. The monoisotopic (exact) mass is 513 g/mol. The van der Waals surface area contributed by atoms with Crippen LogP contribution >= 0.6 is 11.6 Å². The molecule has 2 aromatic carbocycles. The minimum atomic E-state index is -0.592. The summed E-state index contributed by atoms with van der Waals surface area (Å²) in [5.74, 6) is -0.443. The molecule has 3 N–H and O–H groups in total. The molecule has 2 aromatic heterocycles. The normalized spacial score (nSPS) is 11.4. The molecule has 12 nitrogen and oxygen atoms in total. The molecular formula is C22H21ClFN9O3. The summed E-state index contributed by atoms with van der Waals surface area (Å²) in [4.78, 5) is 14.6. The fraction of sp³-hybridized carbons (Fsp3) is 0.182. The highest BCUT2D eigenvalue weighted by Crippen LogP contribution is 2.22. The van der Waals surface area contributed by atoms with E-state index in [1.807, 2.05) is 19.0 Å². The van der Waals surface area contributed by atoms with Crippen LogP contribution in [0.3, 0.4) is 0 Å². The highest BCUT2D eigenvalue weighted by atomic mass is 35.5. The van der Waals surface area contributed by atoms with E-state index in [1.54, 1.807) is 30.3 Å². The molecule has 4 aromatic rings. The van der Waals surface area contributed by atoms with Gasteiger partial charge in [0.25, 0.3) is 5.91 Å². The van der Waals surface area contributed by atoms with Gasteiger partial charge < -0.3 is 15.4 Å². The van der Waals surface area contributed by atoms with Crippen LogP contribution in [0.5, 0.6) is 5.75 Å². The number of nitrogens with zero attached hydrogens (tertiary/aromatic N) is 7. The van der Waals surface area contributed by atoms with E-state index in [0.717, 1.165) is 0 Å². The highest BCUT2D eigenvalue weighted by molar-refractivity contribution is 6.31. The molecule has 0 aliphatic rings. The van der Waals surface area contributed by atoms with E-state index in [0.29, 0.717) is 23.6 Å². The molecule has 0 saturated heterocycles. The van der Waals surface area contributed by atoms with Gasteiger partial charge in [0.15, 0.2) is 5.69 Å². The number of hydrogen-bond donors (Lipinski definition) is 2. The minimum absolute atomic E-state index is 0.00394. The van der Waals surface area contributed by atoms with Crippen molar-refractivity contribution in [3.05, 3.63) is 75.8 Å². The van der Waals surface area contributed by atoms with Crippen molar-refractivity contribution in [2.75, 3.05) is 19.8 Å². The van der Waals surface area contributed by atoms with Gasteiger partial charge in [-0.3, -0.25) is 4.79 Å². The zero-order valence-corrected chi connectivity index (χ0v) is 20.0. The molecule has 186 valence electrons. The topological polar surface area (TPSA) is 150 Å². The third-order valence-electron chi connectivity index (χ3n) is 4.82. The second-order valence-corrected chi connectivity index (χ2v) is 8.18. The van der Waals surface area contributed by atoms with E-state index >= 15 is 0 Å². The van der Waals surface area contributed by atoms with E-state index in [9.17, 15) is 9.18 Å². The van der Waals surface area contributed by atoms with E-state index < -0.39 is 11.7 Å². The number of aromatic nitrogens is 5. The summed E-state index contributed by atoms with van der Waals surface area (Å²) in [6.07, 6.45) is 1.43. The molecule has 1 amide bonds. The summed E-state index contributed by atoms with van der Waals surface area (Å²) < 4.78 is 25.5. The lowest BCUT2D eigenvalue weighted by molar-refractivity contribution is 0.0948. The Morgan fingerprint density at radius 1 is 1.31 bits per heavy atom. The molecule has 0 unspecified atom stereocenters. The van der Waals surface area contributed by atoms with Gasteiger partial charge in [-0.1, -0.05) is 35.0 Å². The quantitative estimate of drug-likeness (QED) is 0.254. The summed E-state index contributed by atoms with van der Waals surface area (Å²) in [5, 5.41) is 19.4. The molecule has 0 saturated carbocycles. The van der Waals surface area contributed by atoms with E-state index in [-0.39, 0.29) is 34.5 Å². The summed E-state index contributed by atoms with van der Waals surface area (Å²) >= 11 is 6.04. The lowest BCUT2D eigenvalue weighted by Gasteiger charge is -2.11. The van der Waals surface area contributed by atoms with E-state index in [2.05, 4.69) is 35.8 Å². The number of hydrazone groups is 1. The Morgan fingerprint density at radius 2 is 2.11 bits per heavy atom. The molecule has 0 spiro atoms. The first kappa shape index (κ1) is 24.8. The number of anilines is 1. The Kier molecular flexibility index (Phi) is 7.51. The number of nitrogens with one attached hydrogen (secondary N) is 1. The Balaban J connectivity index is 1.45. The van der Waals surface area contributed by atoms with Crippen LogP contribution < -0.4 is 15.9 Å². The standard InChI is InChI=1S/C22H21ClFN9O3/c1-32(2)11-18-19(27-31-33(18)21-20(25)29-36-30-21)22(34)28-26-10-13-5-3-6-14(9-13)35-12-15-16(23)7-4-8-17(15)24/h3-10H,11-12H2,1-2H3,(H2,25,29)(H,28,34)/b26-10+. The Morgan fingerprint density at radius 3 is 2.83 bits per heavy atom. The average Bonchev–Trinajstić information content (AvgIpc) is 3.44. The Labute approximate surface area is 209 Å². The molecule has 2 heterocycles. The molecule has 14 heteroatoms. The molecule has 0 bridgehead atoms. The summed E-state index contributed by atoms with van der Waals surface area (Å²) in [5.41, 5.74) is 9.51. The Hall–Kier alpha value is -4.36. The van der Waals surface area contributed by atoms with Gasteiger partial charge in [0, 0.05) is 12.1 Å². The third-order valence-corrected chi connectivity index (χ3v) is 5.18. The van der Waals surface area contributed by atoms with Gasteiger partial charge in [0.1, 0.15) is 18.2 Å². The fourth-order valence-corrected chi connectivity index (χ4v) is 3.37. The number of ether oxygens (including phenoxy) is 1. The van der Waals surface area contributed by atoms with Crippen LogP contribution in [0.4, 0.5) is 10.2 Å². The van der Waals surface area contributed by atoms with Crippen LogP contribution in [0.2, 0.25) is 5.02 Å².